The second-order valence-electron chi connectivity index (χ2n) is 10.2. The van der Waals surface area contributed by atoms with Gasteiger partial charge in [-0.05, 0) is 80.2 Å². The van der Waals surface area contributed by atoms with E-state index in [9.17, 15) is 9.59 Å². The monoisotopic (exact) mass is 434 g/mol. The first-order chi connectivity index (χ1) is 15.5. The summed E-state index contributed by atoms with van der Waals surface area (Å²) in [7, 11) is 3.04. The zero-order valence-electron chi connectivity index (χ0n) is 18.8. The molecule has 0 spiro atoms. The number of amides is 1. The zero-order valence-corrected chi connectivity index (χ0v) is 18.8. The van der Waals surface area contributed by atoms with Crippen molar-refractivity contribution in [3.63, 3.8) is 0 Å². The van der Waals surface area contributed by atoms with Gasteiger partial charge in [0, 0.05) is 29.6 Å². The van der Waals surface area contributed by atoms with Crippen molar-refractivity contribution in [1.29, 1.82) is 0 Å². The Labute approximate surface area is 188 Å². The van der Waals surface area contributed by atoms with Gasteiger partial charge in [0.05, 0.1) is 14.2 Å². The lowest BCUT2D eigenvalue weighted by atomic mass is 9.50. The smallest absolute Gasteiger partial charge is 0.343 e. The Morgan fingerprint density at radius 2 is 2.12 bits per heavy atom. The highest BCUT2D eigenvalue weighted by Gasteiger charge is 2.57. The number of ether oxygens (including phenoxy) is 2. The average molecular weight is 435 g/mol. The standard InChI is InChI=1S/C26H30N2O4/c1-31-18-6-5-16-11-23-21-10-17-9-19(25(30)32-2)24(29)27-22(17)13-26(21,20(16)12-18)7-8-28(23)14-15-3-4-15/h5-6,9,12,15,17,21,23H,3-4,7-8,10-11,13-14H2,1-2H3/t17?,21-,23+,26+/m0/s1. The number of rotatable bonds is 4. The summed E-state index contributed by atoms with van der Waals surface area (Å²) in [6.07, 6.45) is 8.41. The fraction of sp³-hybridized carbons (Fsp3) is 0.577. The molecule has 32 heavy (non-hydrogen) atoms. The minimum Gasteiger partial charge on any atom is -0.497 e. The van der Waals surface area contributed by atoms with Crippen molar-refractivity contribution in [2.45, 2.75) is 50.0 Å². The molecule has 2 saturated carbocycles. The van der Waals surface area contributed by atoms with Crippen LogP contribution in [0.3, 0.4) is 0 Å². The molecule has 2 bridgehead atoms. The van der Waals surface area contributed by atoms with Gasteiger partial charge >= 0.3 is 5.97 Å². The largest absolute Gasteiger partial charge is 0.497 e. The molecule has 0 radical (unpaired) electrons. The van der Waals surface area contributed by atoms with E-state index in [4.69, 9.17) is 9.47 Å². The van der Waals surface area contributed by atoms with Gasteiger partial charge in [-0.2, -0.15) is 0 Å². The van der Waals surface area contributed by atoms with Crippen molar-refractivity contribution in [1.82, 2.24) is 4.90 Å². The molecule has 168 valence electrons. The minimum absolute atomic E-state index is 0.0148. The molecule has 1 aromatic carbocycles. The van der Waals surface area contributed by atoms with Crippen LogP contribution < -0.4 is 4.74 Å². The van der Waals surface area contributed by atoms with Crippen LogP contribution in [0.2, 0.25) is 0 Å². The summed E-state index contributed by atoms with van der Waals surface area (Å²) < 4.78 is 10.4. The maximum atomic E-state index is 12.6. The number of likely N-dealkylation sites (tertiary alicyclic amines) is 1. The van der Waals surface area contributed by atoms with E-state index in [0.717, 1.165) is 49.6 Å². The number of hydrogen-bond acceptors (Lipinski definition) is 5. The Morgan fingerprint density at radius 3 is 2.88 bits per heavy atom. The molecule has 1 saturated heterocycles. The molecule has 6 heteroatoms. The minimum atomic E-state index is -0.577. The molecule has 6 rings (SSSR count). The van der Waals surface area contributed by atoms with Gasteiger partial charge in [-0.3, -0.25) is 9.69 Å². The number of carbonyl (C=O) groups is 2. The second-order valence-corrected chi connectivity index (χ2v) is 10.2. The molecule has 6 nitrogen and oxygen atoms in total. The third kappa shape index (κ3) is 2.99. The highest BCUT2D eigenvalue weighted by Crippen LogP contribution is 2.57. The topological polar surface area (TPSA) is 68.2 Å². The van der Waals surface area contributed by atoms with Gasteiger partial charge in [-0.25, -0.2) is 9.79 Å². The number of piperidine rings is 1. The van der Waals surface area contributed by atoms with Crippen molar-refractivity contribution in [3.05, 3.63) is 41.0 Å². The first-order valence-corrected chi connectivity index (χ1v) is 11.9. The molecule has 1 unspecified atom stereocenters. The van der Waals surface area contributed by atoms with Gasteiger partial charge in [0.2, 0.25) is 0 Å². The predicted molar refractivity (Wildman–Crippen MR) is 120 cm³/mol. The second kappa shape index (κ2) is 7.27. The van der Waals surface area contributed by atoms with Gasteiger partial charge in [0.25, 0.3) is 5.91 Å². The van der Waals surface area contributed by atoms with Gasteiger partial charge in [0.15, 0.2) is 0 Å². The Hall–Kier alpha value is -2.47. The van der Waals surface area contributed by atoms with Crippen LogP contribution in [0.1, 0.15) is 43.2 Å². The van der Waals surface area contributed by atoms with E-state index < -0.39 is 11.9 Å². The van der Waals surface area contributed by atoms with E-state index in [1.165, 1.54) is 37.6 Å². The van der Waals surface area contributed by atoms with Crippen molar-refractivity contribution in [2.75, 3.05) is 27.3 Å². The van der Waals surface area contributed by atoms with Gasteiger partial charge in [-0.15, -0.1) is 0 Å². The number of methoxy groups -OCH3 is 2. The first-order valence-electron chi connectivity index (χ1n) is 11.9. The number of esters is 1. The molecule has 2 heterocycles. The van der Waals surface area contributed by atoms with Crippen LogP contribution in [0.4, 0.5) is 0 Å². The predicted octanol–water partition coefficient (Wildman–Crippen LogP) is 3.08. The number of aliphatic imine (C=N–C) groups is 1. The summed E-state index contributed by atoms with van der Waals surface area (Å²) in [6.45, 7) is 2.31. The van der Waals surface area contributed by atoms with Crippen molar-refractivity contribution in [2.24, 2.45) is 22.7 Å². The maximum Gasteiger partial charge on any atom is 0.343 e. The summed E-state index contributed by atoms with van der Waals surface area (Å²) in [5, 5.41) is 0. The number of benzene rings is 1. The van der Waals surface area contributed by atoms with Crippen LogP contribution in [0.15, 0.2) is 34.8 Å². The van der Waals surface area contributed by atoms with Crippen LogP contribution >= 0.6 is 0 Å². The summed E-state index contributed by atoms with van der Waals surface area (Å²) in [6, 6.07) is 7.06. The van der Waals surface area contributed by atoms with Crippen LogP contribution in [-0.2, 0) is 26.2 Å². The number of fused-ring (bicyclic) bond motifs is 2. The van der Waals surface area contributed by atoms with E-state index in [1.54, 1.807) is 7.11 Å². The van der Waals surface area contributed by atoms with E-state index in [0.29, 0.717) is 12.0 Å². The number of carbonyl (C=O) groups excluding carboxylic acids is 2. The number of allylic oxidation sites excluding steroid dienone is 1. The molecule has 0 aromatic heterocycles. The Kier molecular flexibility index (Phi) is 4.58. The van der Waals surface area contributed by atoms with E-state index >= 15 is 0 Å². The van der Waals surface area contributed by atoms with Crippen molar-refractivity contribution >= 4 is 17.6 Å². The van der Waals surface area contributed by atoms with Crippen LogP contribution in [0.5, 0.6) is 5.75 Å². The van der Waals surface area contributed by atoms with Gasteiger partial charge in [0.1, 0.15) is 11.3 Å². The summed E-state index contributed by atoms with van der Waals surface area (Å²) in [5.41, 5.74) is 3.82. The third-order valence-electron chi connectivity index (χ3n) is 8.64. The number of dihydropyridines is 1. The van der Waals surface area contributed by atoms with E-state index in [-0.39, 0.29) is 16.9 Å². The Balaban J connectivity index is 1.43. The highest BCUT2D eigenvalue weighted by atomic mass is 16.5. The molecule has 0 N–H and O–H groups in total. The van der Waals surface area contributed by atoms with Gasteiger partial charge < -0.3 is 9.47 Å². The van der Waals surface area contributed by atoms with Crippen molar-refractivity contribution < 1.29 is 19.1 Å². The lowest BCUT2D eigenvalue weighted by molar-refractivity contribution is -0.137. The lowest BCUT2D eigenvalue weighted by Gasteiger charge is -2.60. The quantitative estimate of drug-likeness (QED) is 0.538. The van der Waals surface area contributed by atoms with Crippen LogP contribution in [0.25, 0.3) is 0 Å². The van der Waals surface area contributed by atoms with Crippen LogP contribution in [0, 0.1) is 17.8 Å². The van der Waals surface area contributed by atoms with Crippen LogP contribution in [-0.4, -0.2) is 55.8 Å². The van der Waals surface area contributed by atoms with E-state index in [1.807, 2.05) is 6.08 Å². The molecule has 1 aromatic rings. The number of nitrogens with zero attached hydrogens (tertiary/aromatic N) is 2. The molecule has 2 aliphatic heterocycles. The molecule has 1 amide bonds. The fourth-order valence-corrected chi connectivity index (χ4v) is 6.91. The summed E-state index contributed by atoms with van der Waals surface area (Å²) >= 11 is 0. The normalized spacial score (nSPS) is 33.3. The maximum absolute atomic E-state index is 12.6. The van der Waals surface area contributed by atoms with Gasteiger partial charge in [-0.1, -0.05) is 12.1 Å². The molecule has 3 aliphatic carbocycles. The third-order valence-corrected chi connectivity index (χ3v) is 8.64. The molecule has 4 atom stereocenters. The SMILES string of the molecule is COC(=O)C1=CC2C[C@H]3[C@H]4Cc5ccc(OC)cc5[C@@]3(CCN4CC3CC3)CC2=NC1=O. The van der Waals surface area contributed by atoms with E-state index in [2.05, 4.69) is 28.1 Å². The summed E-state index contributed by atoms with van der Waals surface area (Å²) in [4.78, 5) is 32.0. The Bertz CT molecular complexity index is 1060. The lowest BCUT2D eigenvalue weighted by Crippen LogP contribution is -2.63. The average Bonchev–Trinajstić information content (AvgIpc) is 3.62. The fourth-order valence-electron chi connectivity index (χ4n) is 6.91. The zero-order chi connectivity index (χ0) is 22.0. The molecular weight excluding hydrogens is 404 g/mol. The molecule has 5 aliphatic rings. The first kappa shape index (κ1) is 20.2. The molecular formula is C26H30N2O4. The Morgan fingerprint density at radius 1 is 1.28 bits per heavy atom. The highest BCUT2D eigenvalue weighted by molar-refractivity contribution is 6.22. The number of hydrogen-bond donors (Lipinski definition) is 0. The molecule has 3 fully saturated rings. The van der Waals surface area contributed by atoms with Crippen molar-refractivity contribution in [3.8, 4) is 5.75 Å². The summed E-state index contributed by atoms with van der Waals surface area (Å²) in [5.74, 6) is 1.23.